The minimum atomic E-state index is -1.11. The van der Waals surface area contributed by atoms with Crippen LogP contribution in [0, 0.1) is 11.3 Å². The topological polar surface area (TPSA) is 102 Å². The summed E-state index contributed by atoms with van der Waals surface area (Å²) in [6.07, 6.45) is 1.03. The second-order valence-electron chi connectivity index (χ2n) is 3.95. The zero-order valence-electron chi connectivity index (χ0n) is 10.9. The maximum atomic E-state index is 11.9. The van der Waals surface area contributed by atoms with Crippen LogP contribution in [0.4, 0.5) is 5.69 Å². The molecule has 110 valence electrons. The molecule has 1 unspecified atom stereocenters. The first-order valence-electron chi connectivity index (χ1n) is 5.71. The number of halogens is 2. The highest BCUT2D eigenvalue weighted by Crippen LogP contribution is 2.29. The lowest BCUT2D eigenvalue weighted by atomic mass is 10.2. The summed E-state index contributed by atoms with van der Waals surface area (Å²) in [5.74, 6) is -1.84. The number of benzene rings is 1. The van der Waals surface area contributed by atoms with E-state index in [-0.39, 0.29) is 21.3 Å². The Labute approximate surface area is 131 Å². The van der Waals surface area contributed by atoms with E-state index >= 15 is 0 Å². The highest BCUT2D eigenvalue weighted by molar-refractivity contribution is 6.44. The molecule has 21 heavy (non-hydrogen) atoms. The molecule has 0 fully saturated rings. The van der Waals surface area contributed by atoms with Crippen LogP contribution < -0.4 is 10.6 Å². The van der Waals surface area contributed by atoms with Crippen molar-refractivity contribution in [2.45, 2.75) is 13.0 Å². The lowest BCUT2D eigenvalue weighted by Gasteiger charge is -2.09. The van der Waals surface area contributed by atoms with Gasteiger partial charge in [0.15, 0.2) is 0 Å². The van der Waals surface area contributed by atoms with Gasteiger partial charge in [0.05, 0.1) is 15.7 Å². The van der Waals surface area contributed by atoms with E-state index in [2.05, 4.69) is 10.6 Å². The Morgan fingerprint density at radius 1 is 1.43 bits per heavy atom. The zero-order chi connectivity index (χ0) is 16.0. The lowest BCUT2D eigenvalue weighted by molar-refractivity contribution is -0.138. The number of aliphatic carboxylic acids is 1. The summed E-state index contributed by atoms with van der Waals surface area (Å²) >= 11 is 11.7. The van der Waals surface area contributed by atoms with Gasteiger partial charge in [-0.25, -0.2) is 0 Å². The largest absolute Gasteiger partial charge is 0.480 e. The summed E-state index contributed by atoms with van der Waals surface area (Å²) in [6, 6.07) is 5.40. The van der Waals surface area contributed by atoms with Gasteiger partial charge >= 0.3 is 5.97 Å². The molecule has 0 radical (unpaired) electrons. The maximum absolute atomic E-state index is 11.9. The van der Waals surface area contributed by atoms with Crippen molar-refractivity contribution in [2.24, 2.45) is 0 Å². The minimum absolute atomic E-state index is 0.150. The smallest absolute Gasteiger partial charge is 0.325 e. The van der Waals surface area contributed by atoms with Crippen molar-refractivity contribution in [1.29, 1.82) is 5.26 Å². The van der Waals surface area contributed by atoms with Crippen LogP contribution in [0.1, 0.15) is 6.92 Å². The van der Waals surface area contributed by atoms with Gasteiger partial charge in [0.2, 0.25) is 0 Å². The monoisotopic (exact) mass is 327 g/mol. The third-order valence-corrected chi connectivity index (χ3v) is 3.23. The normalized spacial score (nSPS) is 12.2. The molecule has 6 nitrogen and oxygen atoms in total. The third kappa shape index (κ3) is 4.67. The fourth-order valence-electron chi connectivity index (χ4n) is 1.22. The standard InChI is InChI=1S/C13H11Cl2N3O3/c1-7(13(20)21)17-6-8(5-16)12(19)18-10-4-2-3-9(14)11(10)15/h2-4,6-7,17H,1H3,(H,18,19)(H,20,21)/b8-6-. The number of rotatable bonds is 5. The van der Waals surface area contributed by atoms with Crippen molar-refractivity contribution >= 4 is 40.8 Å². The van der Waals surface area contributed by atoms with Gasteiger partial charge in [-0.2, -0.15) is 5.26 Å². The third-order valence-electron chi connectivity index (χ3n) is 2.41. The van der Waals surface area contributed by atoms with Crippen LogP contribution in [0.25, 0.3) is 0 Å². The van der Waals surface area contributed by atoms with Crippen LogP contribution in [0.15, 0.2) is 30.0 Å². The van der Waals surface area contributed by atoms with E-state index in [1.54, 1.807) is 18.2 Å². The van der Waals surface area contributed by atoms with E-state index in [0.29, 0.717) is 0 Å². The molecule has 1 aromatic rings. The van der Waals surface area contributed by atoms with Crippen LogP contribution in [-0.4, -0.2) is 23.0 Å². The van der Waals surface area contributed by atoms with Gasteiger partial charge in [-0.1, -0.05) is 29.3 Å². The molecule has 0 spiro atoms. The van der Waals surface area contributed by atoms with Gasteiger partial charge in [0.1, 0.15) is 17.7 Å². The molecule has 0 aliphatic carbocycles. The van der Waals surface area contributed by atoms with Crippen LogP contribution in [0.2, 0.25) is 10.0 Å². The maximum Gasteiger partial charge on any atom is 0.325 e. The molecule has 0 bridgehead atoms. The quantitative estimate of drug-likeness (QED) is 0.569. The van der Waals surface area contributed by atoms with E-state index in [1.807, 2.05) is 0 Å². The van der Waals surface area contributed by atoms with Gasteiger partial charge in [0.25, 0.3) is 5.91 Å². The lowest BCUT2D eigenvalue weighted by Crippen LogP contribution is -2.30. The van der Waals surface area contributed by atoms with Crippen LogP contribution in [0.3, 0.4) is 0 Å². The van der Waals surface area contributed by atoms with E-state index in [1.165, 1.54) is 13.0 Å². The van der Waals surface area contributed by atoms with Crippen molar-refractivity contribution in [2.75, 3.05) is 5.32 Å². The van der Waals surface area contributed by atoms with Crippen molar-refractivity contribution in [3.05, 3.63) is 40.0 Å². The molecule has 1 rings (SSSR count). The first-order chi connectivity index (χ1) is 9.86. The second-order valence-corrected chi connectivity index (χ2v) is 4.74. The van der Waals surface area contributed by atoms with Gasteiger partial charge in [-0.05, 0) is 19.1 Å². The molecule has 0 heterocycles. The number of carboxylic acid groups (broad SMARTS) is 1. The van der Waals surface area contributed by atoms with Crippen LogP contribution in [-0.2, 0) is 9.59 Å². The summed E-state index contributed by atoms with van der Waals surface area (Å²) in [4.78, 5) is 22.5. The number of carbonyl (C=O) groups is 2. The Kier molecular flexibility index (Phi) is 6.03. The van der Waals surface area contributed by atoms with E-state index in [9.17, 15) is 9.59 Å². The molecule has 0 aliphatic rings. The SMILES string of the molecule is CC(N/C=C(/C#N)C(=O)Nc1cccc(Cl)c1Cl)C(=O)O. The highest BCUT2D eigenvalue weighted by Gasteiger charge is 2.14. The van der Waals surface area contributed by atoms with Crippen molar-refractivity contribution < 1.29 is 14.7 Å². The number of anilines is 1. The number of hydrogen-bond acceptors (Lipinski definition) is 4. The van der Waals surface area contributed by atoms with Crippen molar-refractivity contribution in [1.82, 2.24) is 5.32 Å². The number of nitrogens with zero attached hydrogens (tertiary/aromatic N) is 1. The molecule has 8 heteroatoms. The average molecular weight is 328 g/mol. The van der Waals surface area contributed by atoms with Crippen molar-refractivity contribution in [3.63, 3.8) is 0 Å². The summed E-state index contributed by atoms with van der Waals surface area (Å²) in [7, 11) is 0. The van der Waals surface area contributed by atoms with Gasteiger partial charge in [0, 0.05) is 6.20 Å². The second kappa shape index (κ2) is 7.53. The molecule has 0 aromatic heterocycles. The van der Waals surface area contributed by atoms with Gasteiger partial charge in [-0.15, -0.1) is 0 Å². The first kappa shape index (κ1) is 16.8. The Morgan fingerprint density at radius 2 is 2.10 bits per heavy atom. The predicted octanol–water partition coefficient (Wildman–Crippen LogP) is 2.40. The molecule has 3 N–H and O–H groups in total. The average Bonchev–Trinajstić information content (AvgIpc) is 2.44. The predicted molar refractivity (Wildman–Crippen MR) is 79.0 cm³/mol. The Hall–Kier alpha value is -2.23. The number of carboxylic acids is 1. The number of hydrogen-bond donors (Lipinski definition) is 3. The van der Waals surface area contributed by atoms with Crippen LogP contribution >= 0.6 is 23.2 Å². The molecule has 1 aromatic carbocycles. The Morgan fingerprint density at radius 3 is 2.67 bits per heavy atom. The molecular formula is C13H11Cl2N3O3. The molecule has 0 saturated carbocycles. The van der Waals surface area contributed by atoms with Crippen molar-refractivity contribution in [3.8, 4) is 6.07 Å². The molecule has 1 amide bonds. The number of carbonyl (C=O) groups excluding carboxylic acids is 1. The number of amides is 1. The van der Waals surface area contributed by atoms with Gasteiger partial charge < -0.3 is 15.7 Å². The Balaban J connectivity index is 2.86. The summed E-state index contributed by atoms with van der Waals surface area (Å²) < 4.78 is 0. The van der Waals surface area contributed by atoms with E-state index in [0.717, 1.165) is 6.20 Å². The van der Waals surface area contributed by atoms with E-state index in [4.69, 9.17) is 33.6 Å². The fraction of sp³-hybridized carbons (Fsp3) is 0.154. The number of nitrogens with one attached hydrogen (secondary N) is 2. The number of nitriles is 1. The Bertz CT molecular complexity index is 638. The first-order valence-corrected chi connectivity index (χ1v) is 6.47. The highest BCUT2D eigenvalue weighted by atomic mass is 35.5. The summed E-state index contributed by atoms with van der Waals surface area (Å²) in [6.45, 7) is 1.37. The molecule has 0 aliphatic heterocycles. The minimum Gasteiger partial charge on any atom is -0.480 e. The van der Waals surface area contributed by atoms with E-state index < -0.39 is 17.9 Å². The molecule has 1 atom stereocenters. The summed E-state index contributed by atoms with van der Waals surface area (Å²) in [5, 5.41) is 22.9. The van der Waals surface area contributed by atoms with Gasteiger partial charge in [-0.3, -0.25) is 9.59 Å². The summed E-state index contributed by atoms with van der Waals surface area (Å²) in [5.41, 5.74) is -0.0410. The molecule has 0 saturated heterocycles. The van der Waals surface area contributed by atoms with Crippen LogP contribution in [0.5, 0.6) is 0 Å². The molecular weight excluding hydrogens is 317 g/mol. The fourth-order valence-corrected chi connectivity index (χ4v) is 1.57. The zero-order valence-corrected chi connectivity index (χ0v) is 12.4.